The lowest BCUT2D eigenvalue weighted by atomic mass is 9.95. The van der Waals surface area contributed by atoms with Crippen molar-refractivity contribution in [2.75, 3.05) is 13.1 Å². The van der Waals surface area contributed by atoms with Crippen LogP contribution in [-0.2, 0) is 4.79 Å². The minimum Gasteiger partial charge on any atom is -0.353 e. The van der Waals surface area contributed by atoms with Crippen molar-refractivity contribution in [1.82, 2.24) is 15.2 Å². The van der Waals surface area contributed by atoms with E-state index in [9.17, 15) is 9.59 Å². The summed E-state index contributed by atoms with van der Waals surface area (Å²) >= 11 is 0. The van der Waals surface area contributed by atoms with Crippen molar-refractivity contribution >= 4 is 11.8 Å². The maximum atomic E-state index is 12.8. The summed E-state index contributed by atoms with van der Waals surface area (Å²) in [6, 6.07) is 13.9. The zero-order valence-electron chi connectivity index (χ0n) is 14.7. The molecule has 1 aromatic heterocycles. The van der Waals surface area contributed by atoms with Crippen LogP contribution >= 0.6 is 0 Å². The van der Waals surface area contributed by atoms with Gasteiger partial charge in [0.25, 0.3) is 5.91 Å². The van der Waals surface area contributed by atoms with Crippen molar-refractivity contribution < 1.29 is 9.59 Å². The van der Waals surface area contributed by atoms with Crippen LogP contribution in [0.4, 0.5) is 0 Å². The third-order valence-corrected chi connectivity index (χ3v) is 5.15. The Morgan fingerprint density at radius 2 is 1.73 bits per heavy atom. The van der Waals surface area contributed by atoms with E-state index in [1.54, 1.807) is 12.3 Å². The monoisotopic (exact) mass is 349 g/mol. The summed E-state index contributed by atoms with van der Waals surface area (Å²) < 4.78 is 0. The molecule has 0 unspecified atom stereocenters. The summed E-state index contributed by atoms with van der Waals surface area (Å²) in [6.07, 6.45) is 5.37. The molecular weight excluding hydrogens is 326 g/mol. The SMILES string of the molecule is O=C(NC1CC1)C1CCN(C(=O)c2ccnc(-c3ccccc3)c2)CC1. The van der Waals surface area contributed by atoms with Gasteiger partial charge in [-0.25, -0.2) is 0 Å². The molecule has 0 radical (unpaired) electrons. The van der Waals surface area contributed by atoms with Crippen LogP contribution < -0.4 is 5.32 Å². The van der Waals surface area contributed by atoms with Gasteiger partial charge in [0.1, 0.15) is 0 Å². The van der Waals surface area contributed by atoms with Crippen LogP contribution in [0.2, 0.25) is 0 Å². The first-order chi connectivity index (χ1) is 12.7. The van der Waals surface area contributed by atoms with Gasteiger partial charge in [-0.1, -0.05) is 30.3 Å². The number of carbonyl (C=O) groups is 2. The molecule has 134 valence electrons. The van der Waals surface area contributed by atoms with E-state index in [2.05, 4.69) is 10.3 Å². The average molecular weight is 349 g/mol. The van der Waals surface area contributed by atoms with Crippen molar-refractivity contribution in [1.29, 1.82) is 0 Å². The molecule has 1 aromatic carbocycles. The van der Waals surface area contributed by atoms with Crippen LogP contribution in [0, 0.1) is 5.92 Å². The predicted molar refractivity (Wildman–Crippen MR) is 99.5 cm³/mol. The third kappa shape index (κ3) is 3.77. The number of carbonyl (C=O) groups excluding carboxylic acids is 2. The standard InChI is InChI=1S/C21H23N3O2/c25-20(23-18-6-7-18)16-9-12-24(13-10-16)21(26)17-8-11-22-19(14-17)15-4-2-1-3-5-15/h1-5,8,11,14,16,18H,6-7,9-10,12-13H2,(H,23,25). The average Bonchev–Trinajstić information content (AvgIpc) is 3.52. The highest BCUT2D eigenvalue weighted by Gasteiger charge is 2.31. The second-order valence-corrected chi connectivity index (χ2v) is 7.15. The molecule has 2 fully saturated rings. The molecule has 1 saturated carbocycles. The smallest absolute Gasteiger partial charge is 0.253 e. The summed E-state index contributed by atoms with van der Waals surface area (Å²) in [7, 11) is 0. The predicted octanol–water partition coefficient (Wildman–Crippen LogP) is 2.88. The van der Waals surface area contributed by atoms with Crippen molar-refractivity contribution in [3.8, 4) is 11.3 Å². The first kappa shape index (κ1) is 16.8. The number of pyridine rings is 1. The maximum absolute atomic E-state index is 12.8. The van der Waals surface area contributed by atoms with Gasteiger partial charge in [-0.3, -0.25) is 14.6 Å². The van der Waals surface area contributed by atoms with Gasteiger partial charge < -0.3 is 10.2 Å². The highest BCUT2D eigenvalue weighted by molar-refractivity contribution is 5.95. The highest BCUT2D eigenvalue weighted by Crippen LogP contribution is 2.24. The molecule has 0 bridgehead atoms. The summed E-state index contributed by atoms with van der Waals surface area (Å²) in [6.45, 7) is 1.26. The van der Waals surface area contributed by atoms with E-state index in [1.165, 1.54) is 0 Å². The summed E-state index contributed by atoms with van der Waals surface area (Å²) in [5.74, 6) is 0.220. The van der Waals surface area contributed by atoms with Crippen LogP contribution in [0.1, 0.15) is 36.0 Å². The molecule has 1 aliphatic heterocycles. The Balaban J connectivity index is 1.40. The fourth-order valence-electron chi connectivity index (χ4n) is 3.40. The topological polar surface area (TPSA) is 62.3 Å². The molecule has 26 heavy (non-hydrogen) atoms. The Morgan fingerprint density at radius 3 is 2.42 bits per heavy atom. The normalized spacial score (nSPS) is 17.8. The Kier molecular flexibility index (Phi) is 4.69. The molecular formula is C21H23N3O2. The molecule has 2 aliphatic rings. The Morgan fingerprint density at radius 1 is 1.00 bits per heavy atom. The number of likely N-dealkylation sites (tertiary alicyclic amines) is 1. The van der Waals surface area contributed by atoms with E-state index in [1.807, 2.05) is 41.3 Å². The van der Waals surface area contributed by atoms with Crippen molar-refractivity contribution in [2.45, 2.75) is 31.7 Å². The first-order valence-electron chi connectivity index (χ1n) is 9.32. The van der Waals surface area contributed by atoms with Crippen LogP contribution in [-0.4, -0.2) is 40.8 Å². The van der Waals surface area contributed by atoms with Gasteiger partial charge in [-0.2, -0.15) is 0 Å². The molecule has 1 N–H and O–H groups in total. The number of nitrogens with zero attached hydrogens (tertiary/aromatic N) is 2. The van der Waals surface area contributed by atoms with E-state index in [0.717, 1.165) is 36.9 Å². The number of rotatable bonds is 4. The molecule has 2 aromatic rings. The van der Waals surface area contributed by atoms with Gasteiger partial charge in [0.05, 0.1) is 5.69 Å². The minimum atomic E-state index is 0.0191. The van der Waals surface area contributed by atoms with Gasteiger partial charge in [0.2, 0.25) is 5.91 Å². The van der Waals surface area contributed by atoms with Crippen LogP contribution in [0.5, 0.6) is 0 Å². The molecule has 1 aliphatic carbocycles. The minimum absolute atomic E-state index is 0.0191. The van der Waals surface area contributed by atoms with Gasteiger partial charge in [0.15, 0.2) is 0 Å². The first-order valence-corrected chi connectivity index (χ1v) is 9.32. The molecule has 5 nitrogen and oxygen atoms in total. The maximum Gasteiger partial charge on any atom is 0.253 e. The molecule has 4 rings (SSSR count). The fourth-order valence-corrected chi connectivity index (χ4v) is 3.40. The van der Waals surface area contributed by atoms with Crippen molar-refractivity contribution in [3.63, 3.8) is 0 Å². The Hall–Kier alpha value is -2.69. The van der Waals surface area contributed by atoms with E-state index in [0.29, 0.717) is 24.7 Å². The number of aromatic nitrogens is 1. The molecule has 1 saturated heterocycles. The Bertz CT molecular complexity index is 794. The van der Waals surface area contributed by atoms with E-state index >= 15 is 0 Å². The van der Waals surface area contributed by atoms with Crippen molar-refractivity contribution in [2.24, 2.45) is 5.92 Å². The summed E-state index contributed by atoms with van der Waals surface area (Å²) in [5.41, 5.74) is 2.45. The van der Waals surface area contributed by atoms with E-state index in [4.69, 9.17) is 0 Å². The van der Waals surface area contributed by atoms with Gasteiger partial charge in [-0.15, -0.1) is 0 Å². The van der Waals surface area contributed by atoms with Crippen LogP contribution in [0.15, 0.2) is 48.7 Å². The lowest BCUT2D eigenvalue weighted by Gasteiger charge is -2.31. The lowest BCUT2D eigenvalue weighted by molar-refractivity contribution is -0.126. The molecule has 0 atom stereocenters. The van der Waals surface area contributed by atoms with Gasteiger partial charge in [0, 0.05) is 42.4 Å². The molecule has 5 heteroatoms. The number of hydrogen-bond donors (Lipinski definition) is 1. The Labute approximate surface area is 153 Å². The number of nitrogens with one attached hydrogen (secondary N) is 1. The largest absolute Gasteiger partial charge is 0.353 e. The third-order valence-electron chi connectivity index (χ3n) is 5.15. The van der Waals surface area contributed by atoms with Gasteiger partial charge >= 0.3 is 0 Å². The number of piperidine rings is 1. The lowest BCUT2D eigenvalue weighted by Crippen LogP contribution is -2.43. The van der Waals surface area contributed by atoms with E-state index in [-0.39, 0.29) is 17.7 Å². The second kappa shape index (κ2) is 7.28. The molecule has 2 amide bonds. The molecule has 2 heterocycles. The zero-order chi connectivity index (χ0) is 17.9. The number of amides is 2. The molecule has 0 spiro atoms. The van der Waals surface area contributed by atoms with Crippen molar-refractivity contribution in [3.05, 3.63) is 54.2 Å². The fraction of sp³-hybridized carbons (Fsp3) is 0.381. The highest BCUT2D eigenvalue weighted by atomic mass is 16.2. The van der Waals surface area contributed by atoms with E-state index < -0.39 is 0 Å². The number of hydrogen-bond acceptors (Lipinski definition) is 3. The van der Waals surface area contributed by atoms with Crippen LogP contribution in [0.3, 0.4) is 0 Å². The zero-order valence-corrected chi connectivity index (χ0v) is 14.7. The quantitative estimate of drug-likeness (QED) is 0.923. The summed E-state index contributed by atoms with van der Waals surface area (Å²) in [4.78, 5) is 31.3. The summed E-state index contributed by atoms with van der Waals surface area (Å²) in [5, 5.41) is 3.07. The van der Waals surface area contributed by atoms with Crippen LogP contribution in [0.25, 0.3) is 11.3 Å². The second-order valence-electron chi connectivity index (χ2n) is 7.15. The van der Waals surface area contributed by atoms with Gasteiger partial charge in [-0.05, 0) is 37.8 Å². The number of benzene rings is 1.